The number of halogens is 3. The molecule has 0 fully saturated rings. The van der Waals surface area contributed by atoms with Crippen molar-refractivity contribution in [3.8, 4) is 0 Å². The summed E-state index contributed by atoms with van der Waals surface area (Å²) in [7, 11) is 0. The third kappa shape index (κ3) is 4.44. The summed E-state index contributed by atoms with van der Waals surface area (Å²) in [4.78, 5) is 35.9. The highest BCUT2D eigenvalue weighted by atomic mass is 19.4. The van der Waals surface area contributed by atoms with E-state index < -0.39 is 45.9 Å². The van der Waals surface area contributed by atoms with Crippen molar-refractivity contribution in [1.82, 2.24) is 5.32 Å². The number of esters is 2. The highest BCUT2D eigenvalue weighted by Crippen LogP contribution is 2.45. The van der Waals surface area contributed by atoms with Crippen LogP contribution in [0.4, 0.5) is 18.9 Å². The first-order valence-corrected chi connectivity index (χ1v) is 8.91. The van der Waals surface area contributed by atoms with Gasteiger partial charge >= 0.3 is 18.1 Å². The molecule has 0 aromatic heterocycles. The number of rotatable bonds is 6. The van der Waals surface area contributed by atoms with Crippen LogP contribution in [-0.4, -0.2) is 36.3 Å². The molecule has 8 nitrogen and oxygen atoms in total. The van der Waals surface area contributed by atoms with Crippen LogP contribution >= 0.6 is 0 Å². The Morgan fingerprint density at radius 1 is 1.10 bits per heavy atom. The van der Waals surface area contributed by atoms with E-state index in [0.29, 0.717) is 0 Å². The zero-order valence-electron chi connectivity index (χ0n) is 16.3. The first-order valence-electron chi connectivity index (χ1n) is 8.91. The van der Waals surface area contributed by atoms with Crippen molar-refractivity contribution >= 4 is 17.6 Å². The molecule has 0 aliphatic carbocycles. The van der Waals surface area contributed by atoms with Gasteiger partial charge in [-0.3, -0.25) is 10.1 Å². The lowest BCUT2D eigenvalue weighted by Crippen LogP contribution is -2.38. The molecule has 162 valence electrons. The predicted molar refractivity (Wildman–Crippen MR) is 98.0 cm³/mol. The molecule has 1 N–H and O–H groups in total. The van der Waals surface area contributed by atoms with Gasteiger partial charge in [0, 0.05) is 17.3 Å². The number of alkyl halides is 3. The van der Waals surface area contributed by atoms with Crippen molar-refractivity contribution in [1.29, 1.82) is 0 Å². The molecule has 1 aromatic carbocycles. The topological polar surface area (TPSA) is 108 Å². The van der Waals surface area contributed by atoms with E-state index in [-0.39, 0.29) is 30.0 Å². The van der Waals surface area contributed by atoms with Crippen molar-refractivity contribution in [2.24, 2.45) is 0 Å². The van der Waals surface area contributed by atoms with Crippen molar-refractivity contribution in [2.75, 3.05) is 13.2 Å². The van der Waals surface area contributed by atoms with Crippen molar-refractivity contribution in [3.05, 3.63) is 62.5 Å². The summed E-state index contributed by atoms with van der Waals surface area (Å²) in [6, 6.07) is 4.94. The van der Waals surface area contributed by atoms with Gasteiger partial charge in [-0.05, 0) is 20.8 Å². The lowest BCUT2D eigenvalue weighted by atomic mass is 9.79. The largest absolute Gasteiger partial charge is 0.463 e. The van der Waals surface area contributed by atoms with Gasteiger partial charge in [-0.15, -0.1) is 0 Å². The van der Waals surface area contributed by atoms with Crippen LogP contribution < -0.4 is 5.32 Å². The molecular weight excluding hydrogens is 409 g/mol. The Morgan fingerprint density at radius 3 is 2.13 bits per heavy atom. The zero-order valence-corrected chi connectivity index (χ0v) is 16.3. The average Bonchev–Trinajstić information content (AvgIpc) is 2.66. The number of nitro benzene ring substituents is 1. The van der Waals surface area contributed by atoms with Crippen molar-refractivity contribution < 1.29 is 37.2 Å². The van der Waals surface area contributed by atoms with Gasteiger partial charge in [0.05, 0.1) is 35.2 Å². The van der Waals surface area contributed by atoms with E-state index in [1.165, 1.54) is 39.0 Å². The van der Waals surface area contributed by atoms with Crippen molar-refractivity contribution in [3.63, 3.8) is 0 Å². The second-order valence-corrected chi connectivity index (χ2v) is 6.14. The Kier molecular flexibility index (Phi) is 6.85. The van der Waals surface area contributed by atoms with E-state index in [0.717, 1.165) is 6.07 Å². The van der Waals surface area contributed by atoms with Gasteiger partial charge in [-0.2, -0.15) is 13.2 Å². The minimum atomic E-state index is -5.02. The molecule has 1 aromatic rings. The highest BCUT2D eigenvalue weighted by molar-refractivity contribution is 6.00. The smallest absolute Gasteiger partial charge is 0.431 e. The van der Waals surface area contributed by atoms with E-state index in [1.54, 1.807) is 0 Å². The Balaban J connectivity index is 2.91. The standard InChI is InChI=1S/C19H19F3N2O6/c1-4-29-17(25)13-10(3)23-16(19(20,21)22)15(18(26)30-5-2)14(13)11-8-6-7-9-12(11)24(27)28/h6-9,14,23H,4-5H2,1-3H3. The van der Waals surface area contributed by atoms with E-state index in [4.69, 9.17) is 9.47 Å². The number of nitrogens with zero attached hydrogens (tertiary/aromatic N) is 1. The third-order valence-electron chi connectivity index (χ3n) is 4.28. The maximum atomic E-state index is 13.8. The number of carbonyl (C=O) groups is 2. The minimum absolute atomic E-state index is 0.0935. The van der Waals surface area contributed by atoms with Crippen LogP contribution in [-0.2, 0) is 19.1 Å². The van der Waals surface area contributed by atoms with Gasteiger partial charge in [-0.25, -0.2) is 9.59 Å². The predicted octanol–water partition coefficient (Wildman–Crippen LogP) is 3.50. The van der Waals surface area contributed by atoms with Gasteiger partial charge < -0.3 is 14.8 Å². The van der Waals surface area contributed by atoms with Crippen LogP contribution in [0.5, 0.6) is 0 Å². The molecule has 1 unspecified atom stereocenters. The summed E-state index contributed by atoms with van der Waals surface area (Å²) in [5.74, 6) is -4.08. The van der Waals surface area contributed by atoms with Gasteiger partial charge in [0.1, 0.15) is 5.70 Å². The lowest BCUT2D eigenvalue weighted by Gasteiger charge is -2.31. The second-order valence-electron chi connectivity index (χ2n) is 6.14. The summed E-state index contributed by atoms with van der Waals surface area (Å²) in [6.45, 7) is 3.75. The first-order chi connectivity index (χ1) is 14.0. The monoisotopic (exact) mass is 428 g/mol. The number of hydrogen-bond acceptors (Lipinski definition) is 7. The molecule has 0 saturated heterocycles. The number of carbonyl (C=O) groups excluding carboxylic acids is 2. The first kappa shape index (κ1) is 22.9. The molecule has 0 bridgehead atoms. The van der Waals surface area contributed by atoms with E-state index >= 15 is 0 Å². The Labute approximate surface area is 169 Å². The summed E-state index contributed by atoms with van der Waals surface area (Å²) < 4.78 is 51.1. The fourth-order valence-corrected chi connectivity index (χ4v) is 3.17. The highest BCUT2D eigenvalue weighted by Gasteiger charge is 2.48. The number of dihydropyridines is 1. The summed E-state index contributed by atoms with van der Waals surface area (Å²) in [5.41, 5.74) is -3.81. The minimum Gasteiger partial charge on any atom is -0.463 e. The number of hydrogen-bond donors (Lipinski definition) is 1. The number of allylic oxidation sites excluding steroid dienone is 2. The summed E-state index contributed by atoms with van der Waals surface area (Å²) in [6.07, 6.45) is -5.02. The molecule has 0 spiro atoms. The van der Waals surface area contributed by atoms with Crippen LogP contribution in [0.3, 0.4) is 0 Å². The van der Waals surface area contributed by atoms with Gasteiger partial charge in [-0.1, -0.05) is 18.2 Å². The Bertz CT molecular complexity index is 936. The van der Waals surface area contributed by atoms with Gasteiger partial charge in [0.25, 0.3) is 5.69 Å². The van der Waals surface area contributed by atoms with Gasteiger partial charge in [0.2, 0.25) is 0 Å². The molecular formula is C19H19F3N2O6. The average molecular weight is 428 g/mol. The van der Waals surface area contributed by atoms with Crippen LogP contribution in [0.25, 0.3) is 0 Å². The number of para-hydroxylation sites is 1. The van der Waals surface area contributed by atoms with Crippen LogP contribution in [0, 0.1) is 10.1 Å². The molecule has 30 heavy (non-hydrogen) atoms. The zero-order chi connectivity index (χ0) is 22.6. The molecule has 1 atom stereocenters. The van der Waals surface area contributed by atoms with Crippen LogP contribution in [0.2, 0.25) is 0 Å². The molecule has 2 rings (SSSR count). The molecule has 0 radical (unpaired) electrons. The maximum Gasteiger partial charge on any atom is 0.431 e. The molecule has 1 heterocycles. The Hall–Kier alpha value is -3.37. The molecule has 0 saturated carbocycles. The van der Waals surface area contributed by atoms with Crippen molar-refractivity contribution in [2.45, 2.75) is 32.9 Å². The number of benzene rings is 1. The van der Waals surface area contributed by atoms with Crippen LogP contribution in [0.1, 0.15) is 32.3 Å². The molecule has 11 heteroatoms. The molecule has 0 amide bonds. The maximum absolute atomic E-state index is 13.8. The lowest BCUT2D eigenvalue weighted by molar-refractivity contribution is -0.385. The summed E-state index contributed by atoms with van der Waals surface area (Å²) >= 11 is 0. The SMILES string of the molecule is CCOC(=O)C1=C(C)NC(C(F)(F)F)=C(C(=O)OCC)C1c1ccccc1[N+](=O)[O-]. The fraction of sp³-hybridized carbons (Fsp3) is 0.368. The Morgan fingerprint density at radius 2 is 1.63 bits per heavy atom. The summed E-state index contributed by atoms with van der Waals surface area (Å²) in [5, 5.41) is 13.6. The van der Waals surface area contributed by atoms with Gasteiger partial charge in [0.15, 0.2) is 0 Å². The van der Waals surface area contributed by atoms with E-state index in [9.17, 15) is 32.9 Å². The number of nitrogens with one attached hydrogen (secondary N) is 1. The number of ether oxygens (including phenoxy) is 2. The van der Waals surface area contributed by atoms with E-state index in [2.05, 4.69) is 0 Å². The third-order valence-corrected chi connectivity index (χ3v) is 4.28. The quantitative estimate of drug-likeness (QED) is 0.420. The van der Waals surface area contributed by atoms with E-state index in [1.807, 2.05) is 5.32 Å². The second kappa shape index (κ2) is 8.97. The normalized spacial score (nSPS) is 16.8. The molecule has 1 aliphatic heterocycles. The fourth-order valence-electron chi connectivity index (χ4n) is 3.17. The van der Waals surface area contributed by atoms with Crippen LogP contribution in [0.15, 0.2) is 46.8 Å². The number of nitro groups is 1. The molecule has 1 aliphatic rings.